The minimum absolute atomic E-state index is 0.0259. The summed E-state index contributed by atoms with van der Waals surface area (Å²) in [4.78, 5) is 4.24. The van der Waals surface area contributed by atoms with E-state index in [0.29, 0.717) is 12.0 Å². The van der Waals surface area contributed by atoms with Crippen molar-refractivity contribution in [3.05, 3.63) is 11.9 Å². The summed E-state index contributed by atoms with van der Waals surface area (Å²) in [6, 6.07) is 0.581. The van der Waals surface area contributed by atoms with E-state index >= 15 is 0 Å². The van der Waals surface area contributed by atoms with Gasteiger partial charge in [0.15, 0.2) is 0 Å². The van der Waals surface area contributed by atoms with Gasteiger partial charge in [-0.2, -0.15) is 0 Å². The minimum atomic E-state index is 0.0259. The quantitative estimate of drug-likeness (QED) is 0.775. The fourth-order valence-corrected chi connectivity index (χ4v) is 1.10. The van der Waals surface area contributed by atoms with Gasteiger partial charge in [0.25, 0.3) is 0 Å². The summed E-state index contributed by atoms with van der Waals surface area (Å²) in [6.45, 7) is 6.31. The van der Waals surface area contributed by atoms with Crippen LogP contribution in [0.25, 0.3) is 0 Å². The summed E-state index contributed by atoms with van der Waals surface area (Å²) in [7, 11) is 0. The standard InChI is InChI=1S/C10H16N4/c1-10(2,3)8-6-11-9(14-13-8)12-7-4-5-7/h6-7H,4-5H2,1-3H3,(H,11,12,14). The van der Waals surface area contributed by atoms with Gasteiger partial charge in [-0.3, -0.25) is 0 Å². The number of hydrogen-bond donors (Lipinski definition) is 1. The topological polar surface area (TPSA) is 50.7 Å². The van der Waals surface area contributed by atoms with Crippen LogP contribution in [0.4, 0.5) is 5.95 Å². The average molecular weight is 192 g/mol. The first-order valence-electron chi connectivity index (χ1n) is 5.02. The van der Waals surface area contributed by atoms with Crippen LogP contribution in [0, 0.1) is 0 Å². The van der Waals surface area contributed by atoms with E-state index < -0.39 is 0 Å². The largest absolute Gasteiger partial charge is 0.350 e. The van der Waals surface area contributed by atoms with Crippen molar-refractivity contribution in [2.24, 2.45) is 0 Å². The van der Waals surface area contributed by atoms with Crippen LogP contribution in [0.1, 0.15) is 39.3 Å². The highest BCUT2D eigenvalue weighted by Crippen LogP contribution is 2.23. The molecule has 14 heavy (non-hydrogen) atoms. The predicted octanol–water partition coefficient (Wildman–Crippen LogP) is 1.74. The molecule has 0 unspecified atom stereocenters. The Hall–Kier alpha value is -1.19. The molecule has 1 heterocycles. The van der Waals surface area contributed by atoms with Gasteiger partial charge in [0.1, 0.15) is 0 Å². The van der Waals surface area contributed by atoms with Crippen LogP contribution in [0.15, 0.2) is 6.20 Å². The first kappa shape index (κ1) is 9.37. The second-order valence-electron chi connectivity index (χ2n) is 4.84. The molecular formula is C10H16N4. The van der Waals surface area contributed by atoms with E-state index in [1.54, 1.807) is 6.20 Å². The van der Waals surface area contributed by atoms with Crippen molar-refractivity contribution in [3.8, 4) is 0 Å². The molecule has 2 rings (SSSR count). The Labute approximate surface area is 84.2 Å². The van der Waals surface area contributed by atoms with E-state index in [0.717, 1.165) is 5.69 Å². The van der Waals surface area contributed by atoms with Crippen molar-refractivity contribution in [2.45, 2.75) is 45.1 Å². The molecule has 0 aliphatic heterocycles. The molecule has 1 aliphatic carbocycles. The normalized spacial score (nSPS) is 16.8. The van der Waals surface area contributed by atoms with Crippen LogP contribution in [-0.4, -0.2) is 21.2 Å². The van der Waals surface area contributed by atoms with Gasteiger partial charge in [0.2, 0.25) is 5.95 Å². The molecule has 1 fully saturated rings. The fourth-order valence-electron chi connectivity index (χ4n) is 1.10. The molecule has 4 nitrogen and oxygen atoms in total. The molecule has 0 atom stereocenters. The summed E-state index contributed by atoms with van der Waals surface area (Å²) in [5, 5.41) is 11.4. The van der Waals surface area contributed by atoms with E-state index in [2.05, 4.69) is 41.3 Å². The van der Waals surface area contributed by atoms with Crippen molar-refractivity contribution in [2.75, 3.05) is 5.32 Å². The number of anilines is 1. The average Bonchev–Trinajstić information content (AvgIpc) is 2.88. The molecule has 1 N–H and O–H groups in total. The highest BCUT2D eigenvalue weighted by Gasteiger charge is 2.22. The van der Waals surface area contributed by atoms with Gasteiger partial charge in [-0.1, -0.05) is 20.8 Å². The molecule has 76 valence electrons. The number of hydrogen-bond acceptors (Lipinski definition) is 4. The zero-order valence-electron chi connectivity index (χ0n) is 8.91. The minimum Gasteiger partial charge on any atom is -0.350 e. The first-order valence-corrected chi connectivity index (χ1v) is 5.02. The first-order chi connectivity index (χ1) is 6.55. The van der Waals surface area contributed by atoms with Crippen molar-refractivity contribution in [1.82, 2.24) is 15.2 Å². The third-order valence-electron chi connectivity index (χ3n) is 2.24. The lowest BCUT2D eigenvalue weighted by molar-refractivity contribution is 0.554. The van der Waals surface area contributed by atoms with Gasteiger partial charge in [-0.05, 0) is 12.8 Å². The Morgan fingerprint density at radius 1 is 1.29 bits per heavy atom. The van der Waals surface area contributed by atoms with Crippen LogP contribution >= 0.6 is 0 Å². The second-order valence-corrected chi connectivity index (χ2v) is 4.84. The highest BCUT2D eigenvalue weighted by molar-refractivity contribution is 5.26. The zero-order chi connectivity index (χ0) is 10.2. The molecule has 1 aliphatic rings. The second kappa shape index (κ2) is 3.19. The van der Waals surface area contributed by atoms with Crippen LogP contribution in [0.5, 0.6) is 0 Å². The maximum atomic E-state index is 4.24. The van der Waals surface area contributed by atoms with E-state index in [9.17, 15) is 0 Å². The lowest BCUT2D eigenvalue weighted by Crippen LogP contribution is -2.16. The van der Waals surface area contributed by atoms with Crippen molar-refractivity contribution in [3.63, 3.8) is 0 Å². The lowest BCUT2D eigenvalue weighted by atomic mass is 9.93. The Morgan fingerprint density at radius 2 is 2.00 bits per heavy atom. The van der Waals surface area contributed by atoms with E-state index in [1.165, 1.54) is 12.8 Å². The van der Waals surface area contributed by atoms with Gasteiger partial charge in [-0.25, -0.2) is 4.98 Å². The van der Waals surface area contributed by atoms with Gasteiger partial charge < -0.3 is 5.32 Å². The van der Waals surface area contributed by atoms with E-state index in [1.807, 2.05) is 0 Å². The maximum Gasteiger partial charge on any atom is 0.242 e. The molecule has 4 heteroatoms. The van der Waals surface area contributed by atoms with Crippen LogP contribution in [-0.2, 0) is 5.41 Å². The van der Waals surface area contributed by atoms with Gasteiger partial charge in [0.05, 0.1) is 11.9 Å². The fraction of sp³-hybridized carbons (Fsp3) is 0.700. The lowest BCUT2D eigenvalue weighted by Gasteiger charge is -2.15. The molecule has 1 aromatic rings. The van der Waals surface area contributed by atoms with Crippen molar-refractivity contribution in [1.29, 1.82) is 0 Å². The molecule has 1 saturated carbocycles. The van der Waals surface area contributed by atoms with Gasteiger partial charge in [-0.15, -0.1) is 10.2 Å². The number of rotatable bonds is 2. The van der Waals surface area contributed by atoms with Gasteiger partial charge >= 0.3 is 0 Å². The number of nitrogens with one attached hydrogen (secondary N) is 1. The molecule has 0 radical (unpaired) electrons. The molecule has 0 spiro atoms. The SMILES string of the molecule is CC(C)(C)c1cnc(NC2CC2)nn1. The predicted molar refractivity (Wildman–Crippen MR) is 55.2 cm³/mol. The monoisotopic (exact) mass is 192 g/mol. The summed E-state index contributed by atoms with van der Waals surface area (Å²) in [5.41, 5.74) is 0.955. The number of nitrogens with zero attached hydrogens (tertiary/aromatic N) is 3. The molecule has 0 aromatic carbocycles. The molecule has 0 bridgehead atoms. The van der Waals surface area contributed by atoms with Crippen LogP contribution < -0.4 is 5.32 Å². The zero-order valence-corrected chi connectivity index (χ0v) is 8.91. The van der Waals surface area contributed by atoms with Crippen LogP contribution in [0.3, 0.4) is 0 Å². The summed E-state index contributed by atoms with van der Waals surface area (Å²) < 4.78 is 0. The Kier molecular flexibility index (Phi) is 2.13. The van der Waals surface area contributed by atoms with E-state index in [-0.39, 0.29) is 5.41 Å². The summed E-state index contributed by atoms with van der Waals surface area (Å²) in [5.74, 6) is 0.653. The number of aromatic nitrogens is 3. The summed E-state index contributed by atoms with van der Waals surface area (Å²) >= 11 is 0. The van der Waals surface area contributed by atoms with Crippen LogP contribution in [0.2, 0.25) is 0 Å². The Bertz CT molecular complexity index is 308. The van der Waals surface area contributed by atoms with Crippen molar-refractivity contribution >= 4 is 5.95 Å². The Balaban J connectivity index is 2.08. The van der Waals surface area contributed by atoms with Gasteiger partial charge in [0, 0.05) is 11.5 Å². The molecule has 0 saturated heterocycles. The van der Waals surface area contributed by atoms with Crippen molar-refractivity contribution < 1.29 is 0 Å². The maximum absolute atomic E-state index is 4.24. The third-order valence-corrected chi connectivity index (χ3v) is 2.24. The molecular weight excluding hydrogens is 176 g/mol. The highest BCUT2D eigenvalue weighted by atomic mass is 15.2. The smallest absolute Gasteiger partial charge is 0.242 e. The molecule has 1 aromatic heterocycles. The Morgan fingerprint density at radius 3 is 2.43 bits per heavy atom. The summed E-state index contributed by atoms with van der Waals surface area (Å²) in [6.07, 6.45) is 4.26. The van der Waals surface area contributed by atoms with E-state index in [4.69, 9.17) is 0 Å². The molecule has 0 amide bonds. The third kappa shape index (κ3) is 2.19.